The first-order valence-electron chi connectivity index (χ1n) is 16.6. The summed E-state index contributed by atoms with van der Waals surface area (Å²) < 4.78 is 85.9. The van der Waals surface area contributed by atoms with Gasteiger partial charge in [-0.1, -0.05) is 6.07 Å². The third-order valence-electron chi connectivity index (χ3n) is 10.4. The quantitative estimate of drug-likeness (QED) is 0.237. The summed E-state index contributed by atoms with van der Waals surface area (Å²) in [7, 11) is 4.89. The van der Waals surface area contributed by atoms with Crippen LogP contribution >= 0.6 is 11.8 Å². The minimum atomic E-state index is -5.37. The molecule has 7 rings (SSSR count). The number of hydrogen-bond donors (Lipinski definition) is 0. The Morgan fingerprint density at radius 3 is 2.47 bits per heavy atom. The topological polar surface area (TPSA) is 155 Å². The van der Waals surface area contributed by atoms with Crippen molar-refractivity contribution in [2.45, 2.75) is 74.9 Å². The predicted octanol–water partition coefficient (Wildman–Crippen LogP) is 3.98. The molecule has 4 bridgehead atoms. The summed E-state index contributed by atoms with van der Waals surface area (Å²) in [5, 5.41) is 10.1. The van der Waals surface area contributed by atoms with E-state index in [0.29, 0.717) is 46.1 Å². The van der Waals surface area contributed by atoms with E-state index in [2.05, 4.69) is 11.0 Å². The van der Waals surface area contributed by atoms with Gasteiger partial charge in [0.15, 0.2) is 29.8 Å². The number of piperazine rings is 1. The largest absolute Gasteiger partial charge is 0.493 e. The Morgan fingerprint density at radius 2 is 1.81 bits per heavy atom. The number of nitriles is 1. The lowest BCUT2D eigenvalue weighted by molar-refractivity contribution is -0.207. The lowest BCUT2D eigenvalue weighted by atomic mass is 9.71. The number of halogens is 3. The van der Waals surface area contributed by atoms with Gasteiger partial charge in [-0.05, 0) is 38.4 Å². The minimum absolute atomic E-state index is 0.119. The number of ether oxygens (including phenoxy) is 8. The first-order valence-corrected chi connectivity index (χ1v) is 17.7. The van der Waals surface area contributed by atoms with E-state index in [4.69, 9.17) is 37.9 Å². The van der Waals surface area contributed by atoms with E-state index in [1.54, 1.807) is 6.92 Å². The number of fused-ring (bicyclic) bond motifs is 9. The minimum Gasteiger partial charge on any atom is -0.493 e. The first-order chi connectivity index (χ1) is 25.2. The van der Waals surface area contributed by atoms with Gasteiger partial charge in [-0.15, -0.1) is 11.8 Å². The molecule has 0 N–H and O–H groups in total. The molecule has 5 aliphatic heterocycles. The number of thioether (sulfide) groups is 1. The summed E-state index contributed by atoms with van der Waals surface area (Å²) >= 11 is 1.01. The molecule has 0 spiro atoms. The maximum absolute atomic E-state index is 13.4. The van der Waals surface area contributed by atoms with Gasteiger partial charge in [-0.2, -0.15) is 18.4 Å². The van der Waals surface area contributed by atoms with Crippen LogP contribution in [0.15, 0.2) is 6.07 Å². The lowest BCUT2D eigenvalue weighted by Crippen LogP contribution is -2.69. The number of esters is 3. The monoisotopic (exact) mass is 763 g/mol. The highest BCUT2D eigenvalue weighted by molar-refractivity contribution is 7.99. The van der Waals surface area contributed by atoms with Crippen LogP contribution in [0.1, 0.15) is 57.6 Å². The van der Waals surface area contributed by atoms with Gasteiger partial charge < -0.3 is 37.9 Å². The fraction of sp³-hybridized carbons (Fsp3) is 0.543. The van der Waals surface area contributed by atoms with E-state index in [9.17, 15) is 32.8 Å². The highest BCUT2D eigenvalue weighted by Gasteiger charge is 2.61. The van der Waals surface area contributed by atoms with Crippen LogP contribution in [0.2, 0.25) is 0 Å². The number of nitrogens with zero attached hydrogens (tertiary/aromatic N) is 3. The van der Waals surface area contributed by atoms with E-state index in [1.165, 1.54) is 21.1 Å². The Kier molecular flexibility index (Phi) is 9.58. The number of methoxy groups -OCH3 is 2. The van der Waals surface area contributed by atoms with Gasteiger partial charge in [0.1, 0.15) is 18.4 Å². The molecule has 2 aromatic carbocycles. The lowest BCUT2D eigenvalue weighted by Gasteiger charge is -2.61. The van der Waals surface area contributed by atoms with E-state index >= 15 is 0 Å². The van der Waals surface area contributed by atoms with Crippen molar-refractivity contribution in [3.05, 3.63) is 39.4 Å². The number of carbonyl (C=O) groups is 3. The number of hydrogen-bond acceptors (Lipinski definition) is 15. The molecule has 2 saturated heterocycles. The second kappa shape index (κ2) is 13.8. The van der Waals surface area contributed by atoms with Crippen molar-refractivity contribution in [2.75, 3.05) is 47.2 Å². The summed E-state index contributed by atoms with van der Waals surface area (Å²) in [5.74, 6) is -3.24. The van der Waals surface area contributed by atoms with Gasteiger partial charge in [-0.25, -0.2) is 9.59 Å². The molecule has 0 radical (unpaired) electrons. The smallest absolute Gasteiger partial charge is 0.490 e. The van der Waals surface area contributed by atoms with E-state index in [0.717, 1.165) is 28.5 Å². The summed E-state index contributed by atoms with van der Waals surface area (Å²) in [6.07, 6.45) is -6.89. The van der Waals surface area contributed by atoms with Gasteiger partial charge in [0.2, 0.25) is 12.9 Å². The highest BCUT2D eigenvalue weighted by Crippen LogP contribution is 2.64. The zero-order chi connectivity index (χ0) is 38.1. The molecule has 0 amide bonds. The molecular weight excluding hydrogens is 727 g/mol. The second-order valence-corrected chi connectivity index (χ2v) is 14.5. The van der Waals surface area contributed by atoms with Crippen LogP contribution in [0.3, 0.4) is 0 Å². The van der Waals surface area contributed by atoms with Crippen LogP contribution in [0, 0.1) is 25.2 Å². The van der Waals surface area contributed by atoms with Gasteiger partial charge in [-0.3, -0.25) is 14.6 Å². The van der Waals surface area contributed by atoms with Gasteiger partial charge in [0.25, 0.3) is 0 Å². The van der Waals surface area contributed by atoms with Gasteiger partial charge >= 0.3 is 24.1 Å². The average Bonchev–Trinajstić information content (AvgIpc) is 3.59. The normalized spacial score (nSPS) is 27.4. The molecule has 1 unspecified atom stereocenters. The molecule has 14 nitrogen and oxygen atoms in total. The number of rotatable bonds is 6. The maximum Gasteiger partial charge on any atom is 0.490 e. The molecule has 5 aliphatic rings. The summed E-state index contributed by atoms with van der Waals surface area (Å²) in [5.41, 5.74) is 3.76. The van der Waals surface area contributed by atoms with E-state index < -0.39 is 78.0 Å². The molecule has 2 fully saturated rings. The number of cyclic esters (lactones) is 1. The molecule has 7 atom stereocenters. The fourth-order valence-corrected chi connectivity index (χ4v) is 9.94. The van der Waals surface area contributed by atoms with Crippen molar-refractivity contribution in [3.8, 4) is 34.8 Å². The zero-order valence-corrected chi connectivity index (χ0v) is 30.3. The molecular formula is C35H36F3N3O11S. The fourth-order valence-electron chi connectivity index (χ4n) is 8.47. The Hall–Kier alpha value is -4.44. The van der Waals surface area contributed by atoms with Crippen molar-refractivity contribution in [1.82, 2.24) is 9.80 Å². The standard InChI is InChI=1S/C35H36F3N3O11S/c1-14-7-17-8-18-19(9-39)41-20-10-47-33(43)21(52-34(44)35(36,37)38)11-53-32(24-23(20)31-29(49-13-50-31)15(2)28(24)51-16(3)42)26(41)25(40(18)4)22(17)30(27(14)46-6)48-12-45-5/h7,18-21,25-26,32H,8,10-13H2,1-6H3/t18-,19-,20-,21-,25+,26?,32+/m0/s1. The predicted molar refractivity (Wildman–Crippen MR) is 177 cm³/mol. The molecule has 5 heterocycles. The average molecular weight is 764 g/mol. The first kappa shape index (κ1) is 36.9. The van der Waals surface area contributed by atoms with Crippen LogP contribution in [0.25, 0.3) is 0 Å². The van der Waals surface area contributed by atoms with Gasteiger partial charge in [0, 0.05) is 54.1 Å². The third kappa shape index (κ3) is 5.88. The van der Waals surface area contributed by atoms with Crippen molar-refractivity contribution in [3.63, 3.8) is 0 Å². The Morgan fingerprint density at radius 1 is 1.08 bits per heavy atom. The van der Waals surface area contributed by atoms with E-state index in [-0.39, 0.29) is 19.3 Å². The van der Waals surface area contributed by atoms with Crippen molar-refractivity contribution in [1.29, 1.82) is 5.26 Å². The molecule has 0 aromatic heterocycles. The Balaban J connectivity index is 1.52. The molecule has 18 heteroatoms. The number of aryl methyl sites for hydroxylation is 1. The Bertz CT molecular complexity index is 1920. The van der Waals surface area contributed by atoms with Gasteiger partial charge in [0.05, 0.1) is 30.5 Å². The molecule has 2 aromatic rings. The summed E-state index contributed by atoms with van der Waals surface area (Å²) in [6.45, 7) is 4.03. The van der Waals surface area contributed by atoms with Crippen LogP contribution in [0.4, 0.5) is 13.2 Å². The zero-order valence-electron chi connectivity index (χ0n) is 29.5. The van der Waals surface area contributed by atoms with Crippen molar-refractivity contribution < 1.29 is 65.4 Å². The van der Waals surface area contributed by atoms with Crippen LogP contribution in [0.5, 0.6) is 28.7 Å². The number of benzene rings is 2. The number of carbonyl (C=O) groups excluding carboxylic acids is 3. The SMILES string of the molecule is COCOc1c(OC)c(C)cc2c1[C@@H]1C3[C@@H]4SC[C@H](OC(=O)C(F)(F)F)C(=O)OC[C@@H](c5c6c(c(C)c(OC(C)=O)c54)OCO6)N3[C@@H](C#N)[C@H](C2)N1C. The van der Waals surface area contributed by atoms with Crippen LogP contribution in [-0.4, -0.2) is 105 Å². The molecule has 284 valence electrons. The van der Waals surface area contributed by atoms with Crippen molar-refractivity contribution in [2.24, 2.45) is 0 Å². The maximum atomic E-state index is 13.4. The molecule has 0 saturated carbocycles. The number of alkyl halides is 3. The summed E-state index contributed by atoms with van der Waals surface area (Å²) in [6, 6.07) is 0.976. The van der Waals surface area contributed by atoms with Crippen LogP contribution < -0.4 is 23.7 Å². The Labute approximate surface area is 306 Å². The van der Waals surface area contributed by atoms with E-state index in [1.807, 2.05) is 24.9 Å². The number of likely N-dealkylation sites (N-methyl/N-ethyl adjacent to an activating group) is 1. The third-order valence-corrected chi connectivity index (χ3v) is 11.8. The molecule has 0 aliphatic carbocycles. The van der Waals surface area contributed by atoms with Crippen LogP contribution in [-0.2, 0) is 35.0 Å². The highest BCUT2D eigenvalue weighted by atomic mass is 32.2. The molecule has 53 heavy (non-hydrogen) atoms. The second-order valence-electron chi connectivity index (χ2n) is 13.3. The van der Waals surface area contributed by atoms with Crippen molar-refractivity contribution >= 4 is 29.7 Å². The summed E-state index contributed by atoms with van der Waals surface area (Å²) in [4.78, 5) is 42.2.